The summed E-state index contributed by atoms with van der Waals surface area (Å²) in [5.41, 5.74) is -1.59. The number of carbonyl (C=O) groups excluding carboxylic acids is 1. The van der Waals surface area contributed by atoms with Crippen molar-refractivity contribution in [3.05, 3.63) is 41.5 Å². The zero-order valence-corrected chi connectivity index (χ0v) is 18.2. The number of rotatable bonds is 2. The highest BCUT2D eigenvalue weighted by molar-refractivity contribution is 7.89. The van der Waals surface area contributed by atoms with E-state index in [9.17, 15) is 36.3 Å². The van der Waals surface area contributed by atoms with Crippen LogP contribution in [0, 0.1) is 22.9 Å². The highest BCUT2D eigenvalue weighted by atomic mass is 32.2. The van der Waals surface area contributed by atoms with Crippen LogP contribution >= 0.6 is 0 Å². The van der Waals surface area contributed by atoms with Crippen LogP contribution in [0.5, 0.6) is 5.75 Å². The standard InChI is InChI=1S/C19H19F3N4O6S/c1-19-7-26(18(28)29)6-13(19)24-33(30,31)12-5-25(2)15(16(12)32-8-19)17(27)23-9-3-10(20)14(22)11(21)4-9/h3-5,13,24H,6-8H2,1-2H3,(H,23,27)(H,28,29). The van der Waals surface area contributed by atoms with Crippen LogP contribution in [0.25, 0.3) is 0 Å². The second kappa shape index (κ2) is 7.66. The number of hydrogen-bond acceptors (Lipinski definition) is 5. The molecule has 4 rings (SSSR count). The predicted octanol–water partition coefficient (Wildman–Crippen LogP) is 1.73. The van der Waals surface area contributed by atoms with E-state index in [0.29, 0.717) is 12.1 Å². The highest BCUT2D eigenvalue weighted by Gasteiger charge is 2.49. The minimum absolute atomic E-state index is 0.00660. The van der Waals surface area contributed by atoms with Crippen molar-refractivity contribution in [3.8, 4) is 5.75 Å². The predicted molar refractivity (Wildman–Crippen MR) is 107 cm³/mol. The second-order valence-electron chi connectivity index (χ2n) is 8.27. The average Bonchev–Trinajstić information content (AvgIpc) is 3.21. The maximum atomic E-state index is 13.5. The first-order valence-corrected chi connectivity index (χ1v) is 11.1. The topological polar surface area (TPSA) is 130 Å². The van der Waals surface area contributed by atoms with Crippen LogP contribution in [0.4, 0.5) is 23.7 Å². The molecule has 0 radical (unpaired) electrons. The normalized spacial score (nSPS) is 23.7. The molecule has 1 aromatic heterocycles. The number of carboxylic acid groups (broad SMARTS) is 1. The Bertz CT molecular complexity index is 1260. The number of likely N-dealkylation sites (tertiary alicyclic amines) is 1. The van der Waals surface area contributed by atoms with Crippen molar-refractivity contribution < 1.29 is 41.0 Å². The van der Waals surface area contributed by atoms with E-state index < -0.39 is 56.6 Å². The quantitative estimate of drug-likeness (QED) is 0.552. The van der Waals surface area contributed by atoms with Crippen molar-refractivity contribution in [2.24, 2.45) is 12.5 Å². The number of nitrogens with zero attached hydrogens (tertiary/aromatic N) is 2. The van der Waals surface area contributed by atoms with Crippen molar-refractivity contribution >= 4 is 27.7 Å². The molecule has 1 saturated heterocycles. The molecule has 2 unspecified atom stereocenters. The molecule has 2 aromatic rings. The molecule has 2 aliphatic rings. The Hall–Kier alpha value is -3.26. The zero-order chi connectivity index (χ0) is 24.3. The molecular formula is C19H19F3N4O6S. The molecule has 0 aliphatic carbocycles. The summed E-state index contributed by atoms with van der Waals surface area (Å²) in [5, 5.41) is 11.5. The number of amides is 2. The van der Waals surface area contributed by atoms with E-state index in [1.165, 1.54) is 11.6 Å². The molecule has 2 amide bonds. The summed E-state index contributed by atoms with van der Waals surface area (Å²) in [6, 6.07) is 0.383. The number of aromatic nitrogens is 1. The molecule has 1 aromatic carbocycles. The lowest BCUT2D eigenvalue weighted by Crippen LogP contribution is -2.49. The van der Waals surface area contributed by atoms with Crippen molar-refractivity contribution in [1.82, 2.24) is 14.2 Å². The number of halogens is 3. The Morgan fingerprint density at radius 1 is 1.27 bits per heavy atom. The van der Waals surface area contributed by atoms with Gasteiger partial charge in [0, 0.05) is 49.6 Å². The van der Waals surface area contributed by atoms with Gasteiger partial charge in [-0.3, -0.25) is 4.79 Å². The molecule has 14 heteroatoms. The second-order valence-corrected chi connectivity index (χ2v) is 9.95. The average molecular weight is 488 g/mol. The number of fused-ring (bicyclic) bond motifs is 2. The fraction of sp³-hybridized carbons (Fsp3) is 0.368. The first-order valence-electron chi connectivity index (χ1n) is 9.60. The van der Waals surface area contributed by atoms with Gasteiger partial charge in [0.15, 0.2) is 28.9 Å². The molecule has 3 heterocycles. The first kappa shape index (κ1) is 22.9. The van der Waals surface area contributed by atoms with Crippen LogP contribution in [-0.2, 0) is 17.1 Å². The lowest BCUT2D eigenvalue weighted by Gasteiger charge is -2.32. The van der Waals surface area contributed by atoms with Gasteiger partial charge in [-0.25, -0.2) is 31.1 Å². The Kier molecular flexibility index (Phi) is 5.32. The lowest BCUT2D eigenvalue weighted by molar-refractivity contribution is 0.100. The van der Waals surface area contributed by atoms with E-state index in [4.69, 9.17) is 4.74 Å². The van der Waals surface area contributed by atoms with E-state index in [1.54, 1.807) is 6.92 Å². The van der Waals surface area contributed by atoms with Gasteiger partial charge in [0.25, 0.3) is 5.91 Å². The van der Waals surface area contributed by atoms with E-state index in [0.717, 1.165) is 11.1 Å². The Balaban J connectivity index is 1.71. The minimum Gasteiger partial charge on any atom is -0.489 e. The van der Waals surface area contributed by atoms with Crippen LogP contribution < -0.4 is 14.8 Å². The van der Waals surface area contributed by atoms with E-state index in [2.05, 4.69) is 10.0 Å². The summed E-state index contributed by atoms with van der Waals surface area (Å²) in [7, 11) is -2.86. The Morgan fingerprint density at radius 2 is 1.91 bits per heavy atom. The monoisotopic (exact) mass is 488 g/mol. The number of aryl methyl sites for hydroxylation is 1. The van der Waals surface area contributed by atoms with Gasteiger partial charge in [-0.2, -0.15) is 0 Å². The van der Waals surface area contributed by atoms with Crippen LogP contribution in [-0.4, -0.2) is 60.7 Å². The number of sulfonamides is 1. The summed E-state index contributed by atoms with van der Waals surface area (Å²) in [6.45, 7) is 1.45. The van der Waals surface area contributed by atoms with Gasteiger partial charge in [0.05, 0.1) is 12.6 Å². The summed E-state index contributed by atoms with van der Waals surface area (Å²) in [4.78, 5) is 25.0. The third-order valence-corrected chi connectivity index (χ3v) is 7.22. The third-order valence-electron chi connectivity index (χ3n) is 5.76. The molecule has 178 valence electrons. The number of nitrogens with one attached hydrogen (secondary N) is 2. The van der Waals surface area contributed by atoms with Crippen molar-refractivity contribution in [2.45, 2.75) is 17.9 Å². The SMILES string of the molecule is Cn1cc2c(c1C(=O)Nc1cc(F)c(F)c(F)c1)OCC1(C)CN(C(=O)O)CC1NS2(=O)=O. The Labute approximate surface area is 186 Å². The Morgan fingerprint density at radius 3 is 2.52 bits per heavy atom. The summed E-state index contributed by atoms with van der Waals surface area (Å²) in [6.07, 6.45) is -0.0790. The maximum Gasteiger partial charge on any atom is 0.407 e. The number of anilines is 1. The van der Waals surface area contributed by atoms with Gasteiger partial charge in [0.2, 0.25) is 10.0 Å². The number of hydrogen-bond donors (Lipinski definition) is 3. The van der Waals surface area contributed by atoms with Crippen LogP contribution in [0.1, 0.15) is 17.4 Å². The largest absolute Gasteiger partial charge is 0.489 e. The van der Waals surface area contributed by atoms with Gasteiger partial charge in [-0.05, 0) is 0 Å². The summed E-state index contributed by atoms with van der Waals surface area (Å²) < 4.78 is 75.7. The van der Waals surface area contributed by atoms with Crippen molar-refractivity contribution in [3.63, 3.8) is 0 Å². The molecule has 3 N–H and O–H groups in total. The molecule has 10 nitrogen and oxygen atoms in total. The van der Waals surface area contributed by atoms with E-state index >= 15 is 0 Å². The number of carbonyl (C=O) groups is 2. The molecular weight excluding hydrogens is 469 g/mol. The molecule has 0 saturated carbocycles. The molecule has 33 heavy (non-hydrogen) atoms. The highest BCUT2D eigenvalue weighted by Crippen LogP contribution is 2.39. The summed E-state index contributed by atoms with van der Waals surface area (Å²) in [5.74, 6) is -6.00. The van der Waals surface area contributed by atoms with Gasteiger partial charge in [-0.1, -0.05) is 6.92 Å². The summed E-state index contributed by atoms with van der Waals surface area (Å²) >= 11 is 0. The van der Waals surface area contributed by atoms with Gasteiger partial charge in [0.1, 0.15) is 4.90 Å². The zero-order valence-electron chi connectivity index (χ0n) is 17.4. The van der Waals surface area contributed by atoms with E-state index in [1.807, 2.05) is 0 Å². The van der Waals surface area contributed by atoms with Crippen molar-refractivity contribution in [1.29, 1.82) is 0 Å². The molecule has 2 aliphatic heterocycles. The van der Waals surface area contributed by atoms with Crippen LogP contribution in [0.3, 0.4) is 0 Å². The maximum absolute atomic E-state index is 13.5. The third kappa shape index (κ3) is 3.88. The molecule has 0 spiro atoms. The fourth-order valence-corrected chi connectivity index (χ4v) is 5.56. The van der Waals surface area contributed by atoms with Crippen LogP contribution in [0.2, 0.25) is 0 Å². The molecule has 0 bridgehead atoms. The number of benzene rings is 1. The fourth-order valence-electron chi connectivity index (χ4n) is 4.00. The lowest BCUT2D eigenvalue weighted by atomic mass is 9.87. The van der Waals surface area contributed by atoms with Gasteiger partial charge in [-0.15, -0.1) is 0 Å². The van der Waals surface area contributed by atoms with Crippen LogP contribution in [0.15, 0.2) is 23.2 Å². The van der Waals surface area contributed by atoms with Gasteiger partial charge < -0.3 is 24.6 Å². The van der Waals surface area contributed by atoms with Crippen molar-refractivity contribution in [2.75, 3.05) is 25.0 Å². The first-order chi connectivity index (χ1) is 15.3. The molecule has 2 atom stereocenters. The number of ether oxygens (including phenoxy) is 1. The van der Waals surface area contributed by atoms with Gasteiger partial charge >= 0.3 is 6.09 Å². The smallest absolute Gasteiger partial charge is 0.407 e. The molecule has 1 fully saturated rings. The minimum atomic E-state index is -4.24. The van der Waals surface area contributed by atoms with E-state index in [-0.39, 0.29) is 36.0 Å².